The summed E-state index contributed by atoms with van der Waals surface area (Å²) < 4.78 is 0. The molecule has 0 fully saturated rings. The van der Waals surface area contributed by atoms with Gasteiger partial charge in [-0.2, -0.15) is 0 Å². The first-order valence-corrected chi connectivity index (χ1v) is 9.85. The van der Waals surface area contributed by atoms with Crippen LogP contribution in [0.1, 0.15) is 48.9 Å². The summed E-state index contributed by atoms with van der Waals surface area (Å²) in [6.07, 6.45) is 8.95. The maximum atomic E-state index is 12.1. The molecule has 0 spiro atoms. The molecule has 6 heteroatoms. The summed E-state index contributed by atoms with van der Waals surface area (Å²) in [6.45, 7) is 0.603. The summed E-state index contributed by atoms with van der Waals surface area (Å²) in [5, 5.41) is 5.89. The molecule has 0 radical (unpaired) electrons. The lowest BCUT2D eigenvalue weighted by Gasteiger charge is -2.21. The van der Waals surface area contributed by atoms with Gasteiger partial charge in [0.25, 0.3) is 5.91 Å². The van der Waals surface area contributed by atoms with E-state index in [4.69, 9.17) is 0 Å². The molecular formula is C21H29N3O2S. The van der Waals surface area contributed by atoms with Crippen LogP contribution in [0.25, 0.3) is 0 Å². The van der Waals surface area contributed by atoms with Gasteiger partial charge in [-0.15, -0.1) is 12.6 Å². The van der Waals surface area contributed by atoms with E-state index in [9.17, 15) is 9.59 Å². The minimum Gasteiger partial charge on any atom is -0.381 e. The van der Waals surface area contributed by atoms with Crippen molar-refractivity contribution in [2.75, 3.05) is 20.6 Å². The quantitative estimate of drug-likeness (QED) is 0.449. The van der Waals surface area contributed by atoms with Gasteiger partial charge in [0.2, 0.25) is 5.91 Å². The van der Waals surface area contributed by atoms with Crippen molar-refractivity contribution in [2.45, 2.75) is 43.4 Å². The lowest BCUT2D eigenvalue weighted by molar-refractivity contribution is -0.120. The molecule has 0 saturated heterocycles. The highest BCUT2D eigenvalue weighted by Crippen LogP contribution is 2.18. The van der Waals surface area contributed by atoms with E-state index in [1.165, 1.54) is 5.70 Å². The highest BCUT2D eigenvalue weighted by molar-refractivity contribution is 7.80. The normalized spacial score (nSPS) is 13.4. The van der Waals surface area contributed by atoms with E-state index in [1.54, 1.807) is 12.1 Å². The van der Waals surface area contributed by atoms with Crippen LogP contribution in [0.4, 0.5) is 0 Å². The van der Waals surface area contributed by atoms with Crippen molar-refractivity contribution in [1.82, 2.24) is 15.5 Å². The number of nitrogens with one attached hydrogen (secondary N) is 2. The Morgan fingerprint density at radius 3 is 2.52 bits per heavy atom. The van der Waals surface area contributed by atoms with Crippen molar-refractivity contribution in [3.05, 3.63) is 53.4 Å². The Bertz CT molecular complexity index is 726. The van der Waals surface area contributed by atoms with E-state index < -0.39 is 0 Å². The molecule has 0 aliphatic heterocycles. The molecule has 1 aliphatic carbocycles. The number of benzene rings is 1. The van der Waals surface area contributed by atoms with Crippen molar-refractivity contribution in [2.24, 2.45) is 0 Å². The Kier molecular flexibility index (Phi) is 8.45. The zero-order valence-electron chi connectivity index (χ0n) is 16.1. The zero-order chi connectivity index (χ0) is 19.6. The Balaban J connectivity index is 1.58. The van der Waals surface area contributed by atoms with E-state index in [-0.39, 0.29) is 11.8 Å². The molecule has 0 bridgehead atoms. The number of nitrogens with zero attached hydrogens (tertiary/aromatic N) is 1. The second kappa shape index (κ2) is 10.8. The third kappa shape index (κ3) is 7.13. The van der Waals surface area contributed by atoms with E-state index >= 15 is 0 Å². The monoisotopic (exact) mass is 387 g/mol. The standard InChI is InChI=1S/C21H29N3O2S/c1-24(2)17-13-11-16(12-14-17)23-20(25)10-4-3-7-15-22-21(26)18-8-5-6-9-19(18)27/h5-6,8-9,11,13,27H,3-4,7,10,12,14-15H2,1-2H3,(H,22,26)(H,23,25). The Labute approximate surface area is 167 Å². The molecule has 2 amide bonds. The molecule has 146 valence electrons. The van der Waals surface area contributed by atoms with Crippen LogP contribution in [0.5, 0.6) is 0 Å². The number of carbonyl (C=O) groups is 2. The first kappa shape index (κ1) is 21.1. The molecule has 0 aromatic heterocycles. The van der Waals surface area contributed by atoms with Crippen molar-refractivity contribution in [3.63, 3.8) is 0 Å². The predicted molar refractivity (Wildman–Crippen MR) is 112 cm³/mol. The molecule has 27 heavy (non-hydrogen) atoms. The Morgan fingerprint density at radius 1 is 1.07 bits per heavy atom. The second-order valence-corrected chi connectivity index (χ2v) is 7.36. The molecule has 0 heterocycles. The second-order valence-electron chi connectivity index (χ2n) is 6.88. The number of hydrogen-bond donors (Lipinski definition) is 3. The van der Waals surface area contributed by atoms with Crippen molar-refractivity contribution in [3.8, 4) is 0 Å². The fourth-order valence-corrected chi connectivity index (χ4v) is 3.16. The SMILES string of the molecule is CN(C)C1=CC=C(NC(=O)CCCCCNC(=O)c2ccccc2S)CC1. The van der Waals surface area contributed by atoms with Gasteiger partial charge in [0.15, 0.2) is 0 Å². The molecule has 0 unspecified atom stereocenters. The summed E-state index contributed by atoms with van der Waals surface area (Å²) >= 11 is 4.29. The summed E-state index contributed by atoms with van der Waals surface area (Å²) in [4.78, 5) is 26.9. The summed E-state index contributed by atoms with van der Waals surface area (Å²) in [6, 6.07) is 7.24. The summed E-state index contributed by atoms with van der Waals surface area (Å²) in [7, 11) is 4.06. The number of thiol groups is 1. The molecule has 2 rings (SSSR count). The lowest BCUT2D eigenvalue weighted by Crippen LogP contribution is -2.25. The molecule has 1 aromatic carbocycles. The Morgan fingerprint density at radius 2 is 1.85 bits per heavy atom. The van der Waals surface area contributed by atoms with E-state index in [2.05, 4.69) is 34.2 Å². The number of carbonyl (C=O) groups excluding carboxylic acids is 2. The Hall–Kier alpha value is -2.21. The fourth-order valence-electron chi connectivity index (χ4n) is 2.89. The molecule has 0 atom stereocenters. The van der Waals surface area contributed by atoms with Crippen LogP contribution in [-0.2, 0) is 4.79 Å². The van der Waals surface area contributed by atoms with Crippen LogP contribution in [0, 0.1) is 0 Å². The highest BCUT2D eigenvalue weighted by atomic mass is 32.1. The number of allylic oxidation sites excluding steroid dienone is 4. The number of rotatable bonds is 9. The third-order valence-corrected chi connectivity index (χ3v) is 4.91. The number of unbranched alkanes of at least 4 members (excludes halogenated alkanes) is 2. The molecule has 2 N–H and O–H groups in total. The van der Waals surface area contributed by atoms with Crippen molar-refractivity contribution >= 4 is 24.4 Å². The first-order chi connectivity index (χ1) is 13.0. The smallest absolute Gasteiger partial charge is 0.252 e. The van der Waals surface area contributed by atoms with Crippen molar-refractivity contribution < 1.29 is 9.59 Å². The van der Waals surface area contributed by atoms with Gasteiger partial charge in [-0.1, -0.05) is 18.6 Å². The number of hydrogen-bond acceptors (Lipinski definition) is 4. The molecule has 5 nitrogen and oxygen atoms in total. The van der Waals surface area contributed by atoms with Gasteiger partial charge < -0.3 is 15.5 Å². The van der Waals surface area contributed by atoms with Crippen LogP contribution < -0.4 is 10.6 Å². The van der Waals surface area contributed by atoms with E-state index in [1.807, 2.05) is 32.3 Å². The van der Waals surface area contributed by atoms with E-state index in [0.717, 1.165) is 37.8 Å². The highest BCUT2D eigenvalue weighted by Gasteiger charge is 2.11. The average Bonchev–Trinajstić information content (AvgIpc) is 2.65. The van der Waals surface area contributed by atoms with Gasteiger partial charge in [0.1, 0.15) is 0 Å². The minimum atomic E-state index is -0.104. The summed E-state index contributed by atoms with van der Waals surface area (Å²) in [5.74, 6) is -0.0382. The van der Waals surface area contributed by atoms with Gasteiger partial charge in [-0.25, -0.2) is 0 Å². The molecule has 1 aliphatic rings. The zero-order valence-corrected chi connectivity index (χ0v) is 17.0. The molecular weight excluding hydrogens is 358 g/mol. The van der Waals surface area contributed by atoms with Crippen LogP contribution in [0.2, 0.25) is 0 Å². The maximum Gasteiger partial charge on any atom is 0.252 e. The lowest BCUT2D eigenvalue weighted by atomic mass is 10.1. The van der Waals surface area contributed by atoms with E-state index in [0.29, 0.717) is 23.4 Å². The van der Waals surface area contributed by atoms with Gasteiger partial charge in [0.05, 0.1) is 5.56 Å². The predicted octanol–water partition coefficient (Wildman–Crippen LogP) is 3.50. The average molecular weight is 388 g/mol. The topological polar surface area (TPSA) is 61.4 Å². The van der Waals surface area contributed by atoms with Gasteiger partial charge in [0, 0.05) is 43.4 Å². The van der Waals surface area contributed by atoms with Gasteiger partial charge >= 0.3 is 0 Å². The minimum absolute atomic E-state index is 0.0657. The maximum absolute atomic E-state index is 12.1. The first-order valence-electron chi connectivity index (χ1n) is 9.40. The van der Waals surface area contributed by atoms with Gasteiger partial charge in [-0.05, 0) is 50.0 Å². The van der Waals surface area contributed by atoms with Crippen LogP contribution >= 0.6 is 12.6 Å². The van der Waals surface area contributed by atoms with Crippen LogP contribution in [0.3, 0.4) is 0 Å². The fraction of sp³-hybridized carbons (Fsp3) is 0.429. The van der Waals surface area contributed by atoms with Gasteiger partial charge in [-0.3, -0.25) is 9.59 Å². The summed E-state index contributed by atoms with van der Waals surface area (Å²) in [5.41, 5.74) is 2.85. The van der Waals surface area contributed by atoms with Crippen LogP contribution in [0.15, 0.2) is 52.7 Å². The molecule has 0 saturated carbocycles. The van der Waals surface area contributed by atoms with Crippen LogP contribution in [-0.4, -0.2) is 37.4 Å². The third-order valence-electron chi connectivity index (χ3n) is 4.52. The van der Waals surface area contributed by atoms with Crippen molar-refractivity contribution in [1.29, 1.82) is 0 Å². The number of amides is 2. The molecule has 1 aromatic rings. The largest absolute Gasteiger partial charge is 0.381 e.